The van der Waals surface area contributed by atoms with E-state index in [1.54, 1.807) is 18.2 Å². The Hall–Kier alpha value is -1.07. The van der Waals surface area contributed by atoms with E-state index in [0.717, 1.165) is 30.6 Å². The number of ether oxygens (including phenoxy) is 1. The van der Waals surface area contributed by atoms with E-state index in [0.29, 0.717) is 18.2 Å². The number of aromatic hydroxyl groups is 1. The largest absolute Gasteiger partial charge is 0.508 e. The third kappa shape index (κ3) is 12.1. The van der Waals surface area contributed by atoms with Crippen LogP contribution in [-0.2, 0) is 6.42 Å². The number of unbranched alkanes of at least 4 members (excludes halogenated alkanes) is 9. The minimum Gasteiger partial charge on any atom is -0.508 e. The highest BCUT2D eigenvalue weighted by Gasteiger charge is 2.07. The number of phenols is 1. The predicted molar refractivity (Wildman–Crippen MR) is 117 cm³/mol. The average molecular weight is 416 g/mol. The highest BCUT2D eigenvalue weighted by Crippen LogP contribution is 2.25. The minimum atomic E-state index is -0.530. The van der Waals surface area contributed by atoms with Crippen LogP contribution < -0.4 is 10.1 Å². The Balaban J connectivity index is 2.17. The Morgan fingerprint density at radius 3 is 2.19 bits per heavy atom. The molecule has 0 saturated carbocycles. The van der Waals surface area contributed by atoms with E-state index in [1.807, 2.05) is 0 Å². The molecule has 4 nitrogen and oxygen atoms in total. The zero-order valence-corrected chi connectivity index (χ0v) is 17.9. The number of carbonyl (C=O) groups is 1. The van der Waals surface area contributed by atoms with E-state index in [4.69, 9.17) is 16.3 Å². The van der Waals surface area contributed by atoms with Crippen LogP contribution in [0, 0.1) is 0 Å². The maximum absolute atomic E-state index is 11.6. The lowest BCUT2D eigenvalue weighted by molar-refractivity contribution is 0.201. The molecule has 2 N–H and O–H groups in total. The van der Waals surface area contributed by atoms with Gasteiger partial charge in [-0.2, -0.15) is 12.6 Å². The summed E-state index contributed by atoms with van der Waals surface area (Å²) in [7, 11) is 0. The molecule has 0 heterocycles. The number of alkyl halides is 1. The molecule has 1 aromatic carbocycles. The van der Waals surface area contributed by atoms with Crippen molar-refractivity contribution in [3.63, 3.8) is 0 Å². The first-order valence-electron chi connectivity index (χ1n) is 10.1. The number of hydrogen-bond acceptors (Lipinski definition) is 4. The number of phenolic OH excluding ortho intramolecular Hbond substituents is 1. The van der Waals surface area contributed by atoms with Gasteiger partial charge in [-0.05, 0) is 48.8 Å². The second-order valence-electron chi connectivity index (χ2n) is 6.80. The third-order valence-corrected chi connectivity index (χ3v) is 4.98. The van der Waals surface area contributed by atoms with E-state index in [1.165, 1.54) is 51.4 Å². The molecule has 1 rings (SSSR count). The van der Waals surface area contributed by atoms with Crippen molar-refractivity contribution in [2.24, 2.45) is 0 Å². The lowest BCUT2D eigenvalue weighted by atomic mass is 10.0. The molecule has 0 spiro atoms. The van der Waals surface area contributed by atoms with Crippen LogP contribution in [0.2, 0.25) is 0 Å². The number of aryl methyl sites for hydroxylation is 1. The van der Waals surface area contributed by atoms with Gasteiger partial charge in [0.1, 0.15) is 11.5 Å². The van der Waals surface area contributed by atoms with Crippen LogP contribution in [-0.4, -0.2) is 29.4 Å². The number of thiol groups is 1. The molecule has 0 aromatic heterocycles. The summed E-state index contributed by atoms with van der Waals surface area (Å²) >= 11 is 9.76. The molecule has 0 bridgehead atoms. The molecule has 0 radical (unpaired) electrons. The molecule has 0 aliphatic carbocycles. The Bertz CT molecular complexity index is 528. The lowest BCUT2D eigenvalue weighted by Gasteiger charge is -2.09. The standard InChI is InChI=1S/C21H34ClNO3S/c22-14-15-23-21(25)26-19-12-13-20(24)18(17-19)11-9-7-5-3-1-2-4-6-8-10-16-27/h12-13,17,24,27H,1-11,14-16H2,(H,23,25). The predicted octanol–water partition coefficient (Wildman–Crippen LogP) is 6.09. The summed E-state index contributed by atoms with van der Waals surface area (Å²) in [6.07, 6.45) is 12.8. The molecule has 1 amide bonds. The van der Waals surface area contributed by atoms with Gasteiger partial charge < -0.3 is 15.2 Å². The van der Waals surface area contributed by atoms with Crippen LogP contribution in [0.4, 0.5) is 4.79 Å². The number of benzene rings is 1. The van der Waals surface area contributed by atoms with Crippen LogP contribution in [0.3, 0.4) is 0 Å². The van der Waals surface area contributed by atoms with Crippen molar-refractivity contribution in [2.45, 2.75) is 70.6 Å². The maximum atomic E-state index is 11.6. The molecule has 0 atom stereocenters. The normalized spacial score (nSPS) is 10.7. The summed E-state index contributed by atoms with van der Waals surface area (Å²) in [5.41, 5.74) is 0.821. The van der Waals surface area contributed by atoms with Crippen molar-refractivity contribution < 1.29 is 14.6 Å². The second-order valence-corrected chi connectivity index (χ2v) is 7.63. The van der Waals surface area contributed by atoms with E-state index < -0.39 is 6.09 Å². The zero-order chi connectivity index (χ0) is 19.7. The number of amides is 1. The SMILES string of the molecule is O=C(NCCCl)Oc1ccc(O)c(CCCCCCCCCCCCS)c1. The van der Waals surface area contributed by atoms with E-state index in [2.05, 4.69) is 17.9 Å². The minimum absolute atomic E-state index is 0.254. The molecule has 0 fully saturated rings. The van der Waals surface area contributed by atoms with Gasteiger partial charge in [-0.25, -0.2) is 4.79 Å². The van der Waals surface area contributed by atoms with Crippen molar-refractivity contribution in [1.29, 1.82) is 0 Å². The summed E-state index contributed by atoms with van der Waals surface area (Å²) in [6, 6.07) is 4.91. The molecular formula is C21H34ClNO3S. The number of hydrogen-bond donors (Lipinski definition) is 3. The Kier molecular flexibility index (Phi) is 14.1. The average Bonchev–Trinajstić information content (AvgIpc) is 2.66. The van der Waals surface area contributed by atoms with Crippen molar-refractivity contribution in [3.05, 3.63) is 23.8 Å². The van der Waals surface area contributed by atoms with Gasteiger partial charge in [-0.1, -0.05) is 51.4 Å². The third-order valence-electron chi connectivity index (χ3n) is 4.48. The molecule has 27 heavy (non-hydrogen) atoms. The van der Waals surface area contributed by atoms with Crippen molar-refractivity contribution in [3.8, 4) is 11.5 Å². The maximum Gasteiger partial charge on any atom is 0.412 e. The van der Waals surface area contributed by atoms with Crippen molar-refractivity contribution >= 4 is 30.3 Å². The first-order chi connectivity index (χ1) is 13.2. The fraction of sp³-hybridized carbons (Fsp3) is 0.667. The first-order valence-corrected chi connectivity index (χ1v) is 11.3. The van der Waals surface area contributed by atoms with Gasteiger partial charge in [-0.3, -0.25) is 0 Å². The first kappa shape index (κ1) is 24.0. The zero-order valence-electron chi connectivity index (χ0n) is 16.2. The molecule has 154 valence electrons. The van der Waals surface area contributed by atoms with Gasteiger partial charge in [0.05, 0.1) is 0 Å². The van der Waals surface area contributed by atoms with E-state index in [9.17, 15) is 9.90 Å². The number of carbonyl (C=O) groups excluding carboxylic acids is 1. The summed E-state index contributed by atoms with van der Waals surface area (Å²) in [6.45, 7) is 0.362. The molecule has 0 aliphatic rings. The van der Waals surface area contributed by atoms with Crippen LogP contribution in [0.25, 0.3) is 0 Å². The molecular weight excluding hydrogens is 382 g/mol. The summed E-state index contributed by atoms with van der Waals surface area (Å²) < 4.78 is 5.19. The second kappa shape index (κ2) is 15.9. The molecule has 0 unspecified atom stereocenters. The molecule has 1 aromatic rings. The smallest absolute Gasteiger partial charge is 0.412 e. The van der Waals surface area contributed by atoms with Gasteiger partial charge in [0, 0.05) is 12.4 Å². The van der Waals surface area contributed by atoms with Gasteiger partial charge in [-0.15, -0.1) is 11.6 Å². The van der Waals surface area contributed by atoms with Gasteiger partial charge in [0.15, 0.2) is 0 Å². The number of nitrogens with one attached hydrogen (secondary N) is 1. The molecule has 6 heteroatoms. The lowest BCUT2D eigenvalue weighted by Crippen LogP contribution is -2.28. The Morgan fingerprint density at radius 2 is 1.59 bits per heavy atom. The number of halogens is 1. The van der Waals surface area contributed by atoms with Crippen LogP contribution in [0.1, 0.15) is 69.8 Å². The van der Waals surface area contributed by atoms with Gasteiger partial charge in [0.2, 0.25) is 0 Å². The highest BCUT2D eigenvalue weighted by molar-refractivity contribution is 7.80. The van der Waals surface area contributed by atoms with E-state index in [-0.39, 0.29) is 5.75 Å². The van der Waals surface area contributed by atoms with E-state index >= 15 is 0 Å². The van der Waals surface area contributed by atoms with Crippen LogP contribution >= 0.6 is 24.2 Å². The monoisotopic (exact) mass is 415 g/mol. The Morgan fingerprint density at radius 1 is 1.00 bits per heavy atom. The van der Waals surface area contributed by atoms with Gasteiger partial charge in [0.25, 0.3) is 0 Å². The van der Waals surface area contributed by atoms with Crippen molar-refractivity contribution in [2.75, 3.05) is 18.2 Å². The topological polar surface area (TPSA) is 58.6 Å². The summed E-state index contributed by atoms with van der Waals surface area (Å²) in [5.74, 6) is 2.04. The van der Waals surface area contributed by atoms with Crippen molar-refractivity contribution in [1.82, 2.24) is 5.32 Å². The fourth-order valence-electron chi connectivity index (χ4n) is 2.96. The Labute approximate surface area is 174 Å². The van der Waals surface area contributed by atoms with Crippen LogP contribution in [0.5, 0.6) is 11.5 Å². The highest BCUT2D eigenvalue weighted by atomic mass is 35.5. The summed E-state index contributed by atoms with van der Waals surface area (Å²) in [5, 5.41) is 12.5. The number of rotatable bonds is 15. The molecule has 0 aliphatic heterocycles. The fourth-order valence-corrected chi connectivity index (χ4v) is 3.28. The quantitative estimate of drug-likeness (QED) is 0.184. The summed E-state index contributed by atoms with van der Waals surface area (Å²) in [4.78, 5) is 11.6. The van der Waals surface area contributed by atoms with Gasteiger partial charge >= 0.3 is 6.09 Å². The molecule has 0 saturated heterocycles. The van der Waals surface area contributed by atoms with Crippen LogP contribution in [0.15, 0.2) is 18.2 Å².